The minimum Gasteiger partial charge on any atom is -0.388 e. The molecule has 1 aliphatic rings. The van der Waals surface area contributed by atoms with Crippen LogP contribution in [0, 0.1) is 5.41 Å². The second-order valence-electron chi connectivity index (χ2n) is 5.26. The first-order valence-corrected chi connectivity index (χ1v) is 5.88. The molecule has 1 nitrogen and oxygen atoms in total. The van der Waals surface area contributed by atoms with Crippen LogP contribution in [0.1, 0.15) is 59.3 Å². The molecule has 1 heteroatoms. The Morgan fingerprint density at radius 1 is 1.14 bits per heavy atom. The Balaban J connectivity index is 2.65. The van der Waals surface area contributed by atoms with Crippen molar-refractivity contribution in [3.8, 4) is 0 Å². The summed E-state index contributed by atoms with van der Waals surface area (Å²) in [6, 6.07) is 0. The zero-order valence-corrected chi connectivity index (χ0v) is 9.84. The number of hydrogen-bond donors (Lipinski definition) is 1. The summed E-state index contributed by atoms with van der Waals surface area (Å²) in [5, 5.41) is 10.2. The van der Waals surface area contributed by atoms with Crippen molar-refractivity contribution in [3.63, 3.8) is 0 Å². The number of hydrogen-bond acceptors (Lipinski definition) is 1. The van der Waals surface area contributed by atoms with Gasteiger partial charge in [0.25, 0.3) is 0 Å². The molecule has 0 amide bonds. The van der Waals surface area contributed by atoms with Crippen LogP contribution >= 0.6 is 0 Å². The van der Waals surface area contributed by atoms with Gasteiger partial charge >= 0.3 is 0 Å². The molecule has 0 aromatic rings. The lowest BCUT2D eigenvalue weighted by molar-refractivity contribution is 0.0621. The monoisotopic (exact) mass is 196 g/mol. The SMILES string of the molecule is CC(C)=CC(O)C1(C)CCCCCC1. The molecular formula is C13H24O. The molecule has 0 spiro atoms. The van der Waals surface area contributed by atoms with Crippen LogP contribution in [0.25, 0.3) is 0 Å². The summed E-state index contributed by atoms with van der Waals surface area (Å²) in [5.74, 6) is 0. The van der Waals surface area contributed by atoms with E-state index in [0.717, 1.165) is 0 Å². The maximum atomic E-state index is 10.2. The Hall–Kier alpha value is -0.300. The van der Waals surface area contributed by atoms with Crippen LogP contribution in [-0.2, 0) is 0 Å². The first-order valence-electron chi connectivity index (χ1n) is 5.88. The van der Waals surface area contributed by atoms with Crippen LogP contribution in [0.3, 0.4) is 0 Å². The van der Waals surface area contributed by atoms with E-state index in [4.69, 9.17) is 0 Å². The second kappa shape index (κ2) is 4.97. The Morgan fingerprint density at radius 2 is 1.64 bits per heavy atom. The lowest BCUT2D eigenvalue weighted by atomic mass is 9.77. The van der Waals surface area contributed by atoms with Crippen molar-refractivity contribution < 1.29 is 5.11 Å². The smallest absolute Gasteiger partial charge is 0.0776 e. The Labute approximate surface area is 88.2 Å². The summed E-state index contributed by atoms with van der Waals surface area (Å²) in [6.07, 6.45) is 9.38. The predicted octanol–water partition coefficient (Wildman–Crippen LogP) is 3.67. The van der Waals surface area contributed by atoms with E-state index < -0.39 is 0 Å². The average Bonchev–Trinajstić information content (AvgIpc) is 2.30. The van der Waals surface area contributed by atoms with Gasteiger partial charge in [-0.25, -0.2) is 0 Å². The normalized spacial score (nSPS) is 23.7. The zero-order chi connectivity index (χ0) is 10.6. The van der Waals surface area contributed by atoms with Gasteiger partial charge in [0.05, 0.1) is 6.10 Å². The van der Waals surface area contributed by atoms with Crippen molar-refractivity contribution in [2.75, 3.05) is 0 Å². The largest absolute Gasteiger partial charge is 0.388 e. The van der Waals surface area contributed by atoms with Crippen LogP contribution < -0.4 is 0 Å². The molecule has 82 valence electrons. The molecule has 1 rings (SSSR count). The number of rotatable bonds is 2. The highest BCUT2D eigenvalue weighted by molar-refractivity contribution is 5.03. The maximum Gasteiger partial charge on any atom is 0.0776 e. The van der Waals surface area contributed by atoms with Crippen molar-refractivity contribution in [2.24, 2.45) is 5.41 Å². The van der Waals surface area contributed by atoms with Crippen molar-refractivity contribution in [2.45, 2.75) is 65.4 Å². The van der Waals surface area contributed by atoms with E-state index in [1.807, 2.05) is 6.08 Å². The fourth-order valence-electron chi connectivity index (χ4n) is 2.35. The highest BCUT2D eigenvalue weighted by Gasteiger charge is 2.31. The molecule has 14 heavy (non-hydrogen) atoms. The van der Waals surface area contributed by atoms with E-state index >= 15 is 0 Å². The maximum absolute atomic E-state index is 10.2. The van der Waals surface area contributed by atoms with E-state index in [9.17, 15) is 5.11 Å². The molecule has 1 aliphatic carbocycles. The number of aliphatic hydroxyl groups excluding tert-OH is 1. The van der Waals surface area contributed by atoms with Crippen molar-refractivity contribution >= 4 is 0 Å². The van der Waals surface area contributed by atoms with Gasteiger partial charge in [0, 0.05) is 0 Å². The van der Waals surface area contributed by atoms with Gasteiger partial charge in [0.15, 0.2) is 0 Å². The Kier molecular flexibility index (Phi) is 4.18. The van der Waals surface area contributed by atoms with E-state index in [1.54, 1.807) is 0 Å². The fraction of sp³-hybridized carbons (Fsp3) is 0.846. The average molecular weight is 196 g/mol. The van der Waals surface area contributed by atoms with Gasteiger partial charge in [-0.3, -0.25) is 0 Å². The molecule has 0 bridgehead atoms. The third kappa shape index (κ3) is 3.13. The van der Waals surface area contributed by atoms with Crippen LogP contribution in [0.4, 0.5) is 0 Å². The topological polar surface area (TPSA) is 20.2 Å². The van der Waals surface area contributed by atoms with Gasteiger partial charge in [0.1, 0.15) is 0 Å². The van der Waals surface area contributed by atoms with E-state index in [-0.39, 0.29) is 11.5 Å². The summed E-state index contributed by atoms with van der Waals surface area (Å²) in [5.41, 5.74) is 1.36. The summed E-state index contributed by atoms with van der Waals surface area (Å²) < 4.78 is 0. The number of allylic oxidation sites excluding steroid dienone is 1. The molecule has 1 N–H and O–H groups in total. The van der Waals surface area contributed by atoms with E-state index in [0.29, 0.717) is 0 Å². The first-order chi connectivity index (χ1) is 6.54. The molecule has 0 saturated heterocycles. The molecule has 1 atom stereocenters. The van der Waals surface area contributed by atoms with E-state index in [2.05, 4.69) is 20.8 Å². The lowest BCUT2D eigenvalue weighted by Crippen LogP contribution is -2.30. The Bertz CT molecular complexity index is 193. The minimum atomic E-state index is -0.245. The van der Waals surface area contributed by atoms with Crippen LogP contribution in [-0.4, -0.2) is 11.2 Å². The molecule has 1 fully saturated rings. The van der Waals surface area contributed by atoms with Gasteiger partial charge in [-0.05, 0) is 32.1 Å². The molecular weight excluding hydrogens is 172 g/mol. The molecule has 0 radical (unpaired) electrons. The van der Waals surface area contributed by atoms with Gasteiger partial charge in [-0.15, -0.1) is 0 Å². The highest BCUT2D eigenvalue weighted by atomic mass is 16.3. The van der Waals surface area contributed by atoms with Crippen LogP contribution in [0.2, 0.25) is 0 Å². The van der Waals surface area contributed by atoms with Gasteiger partial charge in [-0.2, -0.15) is 0 Å². The third-order valence-electron chi connectivity index (χ3n) is 3.45. The van der Waals surface area contributed by atoms with E-state index in [1.165, 1.54) is 44.1 Å². The van der Waals surface area contributed by atoms with Crippen LogP contribution in [0.15, 0.2) is 11.6 Å². The van der Waals surface area contributed by atoms with Crippen molar-refractivity contribution in [3.05, 3.63) is 11.6 Å². The summed E-state index contributed by atoms with van der Waals surface area (Å²) >= 11 is 0. The number of aliphatic hydroxyl groups is 1. The molecule has 0 heterocycles. The first kappa shape index (κ1) is 11.8. The predicted molar refractivity (Wildman–Crippen MR) is 61.2 cm³/mol. The lowest BCUT2D eigenvalue weighted by Gasteiger charge is -2.32. The third-order valence-corrected chi connectivity index (χ3v) is 3.45. The van der Waals surface area contributed by atoms with Gasteiger partial charge in [-0.1, -0.05) is 44.3 Å². The fourth-order valence-corrected chi connectivity index (χ4v) is 2.35. The molecule has 1 saturated carbocycles. The molecule has 0 aliphatic heterocycles. The summed E-state index contributed by atoms with van der Waals surface area (Å²) in [4.78, 5) is 0. The van der Waals surface area contributed by atoms with Crippen LogP contribution in [0.5, 0.6) is 0 Å². The standard InChI is InChI=1S/C13H24O/c1-11(2)10-12(14)13(3)8-6-4-5-7-9-13/h10,12,14H,4-9H2,1-3H3. The summed E-state index contributed by atoms with van der Waals surface area (Å²) in [6.45, 7) is 6.36. The van der Waals surface area contributed by atoms with Crippen molar-refractivity contribution in [1.82, 2.24) is 0 Å². The van der Waals surface area contributed by atoms with Gasteiger partial charge < -0.3 is 5.11 Å². The highest BCUT2D eigenvalue weighted by Crippen LogP contribution is 2.38. The van der Waals surface area contributed by atoms with Gasteiger partial charge in [0.2, 0.25) is 0 Å². The quantitative estimate of drug-likeness (QED) is 0.527. The van der Waals surface area contributed by atoms with Crippen molar-refractivity contribution in [1.29, 1.82) is 0 Å². The summed E-state index contributed by atoms with van der Waals surface area (Å²) in [7, 11) is 0. The molecule has 0 aromatic carbocycles. The second-order valence-corrected chi connectivity index (χ2v) is 5.26. The zero-order valence-electron chi connectivity index (χ0n) is 9.84. The molecule has 0 aromatic heterocycles. The molecule has 1 unspecified atom stereocenters. The Morgan fingerprint density at radius 3 is 2.07 bits per heavy atom. The minimum absolute atomic E-state index is 0.133.